The molecule has 23 heteroatoms. The Balaban J connectivity index is 1.17. The molecule has 4 aromatic heterocycles. The molecule has 0 radical (unpaired) electrons. The first-order chi connectivity index (χ1) is 20.9. The first kappa shape index (κ1) is 31.0. The summed E-state index contributed by atoms with van der Waals surface area (Å²) in [6, 6.07) is 0. The molecule has 44 heavy (non-hydrogen) atoms. The summed E-state index contributed by atoms with van der Waals surface area (Å²) in [5.41, 5.74) is 6.84. The molecule has 7 heterocycles. The van der Waals surface area contributed by atoms with Crippen molar-refractivity contribution in [1.82, 2.24) is 44.1 Å². The number of rotatable bonds is 2. The summed E-state index contributed by atoms with van der Waals surface area (Å²) in [5, 5.41) is 3.03. The Labute approximate surface area is 268 Å². The minimum absolute atomic E-state index is 0.0454. The monoisotopic (exact) mass is 723 g/mol. The number of aromatic nitrogens is 8. The van der Waals surface area contributed by atoms with Crippen LogP contribution in [0.5, 0.6) is 0 Å². The second kappa shape index (κ2) is 11.6. The van der Waals surface area contributed by atoms with Gasteiger partial charge in [0.2, 0.25) is 0 Å². The number of fused-ring (bicyclic) bond motifs is 4. The average Bonchev–Trinajstić information content (AvgIpc) is 3.73. The zero-order valence-electron chi connectivity index (χ0n) is 22.3. The maximum absolute atomic E-state index is 16.2. The van der Waals surface area contributed by atoms with Crippen LogP contribution in [-0.4, -0.2) is 88.5 Å². The number of nitrogen functional groups attached to an aromatic ring is 2. The number of alkyl halides is 2. The van der Waals surface area contributed by atoms with Crippen molar-refractivity contribution in [3.63, 3.8) is 0 Å². The SMILES string of the molecule is Nc1ncnc2c1ncn2[C@@H]1O[C@@H]2CNP(=S)(S)O[C@H]3[C@@H](F)[C@H](n4cnc5c(N)ncnc54)O[C@@H]3CCP(=S)(S)O[C@H]2[C@H]1F. The number of nitrogens with zero attached hydrogens (tertiary/aromatic N) is 8. The van der Waals surface area contributed by atoms with E-state index in [1.165, 1.54) is 34.4 Å². The molecule has 3 aliphatic rings. The quantitative estimate of drug-likeness (QED) is 0.150. The third kappa shape index (κ3) is 5.53. The van der Waals surface area contributed by atoms with Gasteiger partial charge in [-0.25, -0.2) is 38.7 Å². The predicted molar refractivity (Wildman–Crippen MR) is 171 cm³/mol. The molecular formula is C21H25F2N11O4P2S4. The number of hydrogen-bond acceptors (Lipinski definition) is 14. The van der Waals surface area contributed by atoms with Gasteiger partial charge in [-0.2, -0.15) is 0 Å². The standard InChI is InChI=1S/C21H25F2N11O4P2S4/c22-10-14-8(35-20(10)33-6-30-12-16(24)26-4-28-18(12)33)1-2-39(41,42)37-15-9(3-32-40(43,44)38-14)36-21(11(15)23)34-7-31-13-17(25)27-5-29-19(13)34/h4-11,14-15,20-21H,1-3H2,(H,41,42)(H2,24,26,28)(H2,25,27,29)(H2,32,43,44)/t8-,9-,10-,11-,14-,15-,20-,21-/m1/s1. The van der Waals surface area contributed by atoms with Gasteiger partial charge in [0.05, 0.1) is 18.8 Å². The molecule has 0 saturated carbocycles. The average molecular weight is 724 g/mol. The van der Waals surface area contributed by atoms with Crippen LogP contribution < -0.4 is 16.6 Å². The number of imidazole rings is 2. The van der Waals surface area contributed by atoms with Gasteiger partial charge in [-0.3, -0.25) is 14.2 Å². The number of nitrogens with one attached hydrogen (secondary N) is 1. The van der Waals surface area contributed by atoms with Gasteiger partial charge < -0.3 is 30.0 Å². The third-order valence-corrected chi connectivity index (χ3v) is 13.1. The molecule has 3 aliphatic heterocycles. The summed E-state index contributed by atoms with van der Waals surface area (Å²) in [6.07, 6.45) is -4.16. The molecule has 10 atom stereocenters. The van der Waals surface area contributed by atoms with Crippen molar-refractivity contribution in [3.05, 3.63) is 25.3 Å². The lowest BCUT2D eigenvalue weighted by Gasteiger charge is -2.31. The summed E-state index contributed by atoms with van der Waals surface area (Å²) in [4.78, 5) is 24.7. The van der Waals surface area contributed by atoms with Gasteiger partial charge in [0.25, 0.3) is 0 Å². The zero-order valence-corrected chi connectivity index (χ0v) is 27.5. The van der Waals surface area contributed by atoms with Gasteiger partial charge in [0.15, 0.2) is 53.3 Å². The molecule has 15 nitrogen and oxygen atoms in total. The van der Waals surface area contributed by atoms with Crippen molar-refractivity contribution in [2.75, 3.05) is 24.2 Å². The van der Waals surface area contributed by atoms with E-state index in [9.17, 15) is 0 Å². The highest BCUT2D eigenvalue weighted by Crippen LogP contribution is 2.59. The highest BCUT2D eigenvalue weighted by atomic mass is 32.9. The van der Waals surface area contributed by atoms with Gasteiger partial charge >= 0.3 is 0 Å². The van der Waals surface area contributed by atoms with Crippen LogP contribution in [0.4, 0.5) is 20.4 Å². The fourth-order valence-corrected chi connectivity index (χ4v) is 10.3. The molecule has 236 valence electrons. The van der Waals surface area contributed by atoms with E-state index < -0.39 is 60.3 Å². The van der Waals surface area contributed by atoms with E-state index in [2.05, 4.69) is 59.5 Å². The topological polar surface area (TPSA) is 188 Å². The Hall–Kier alpha value is -1.64. The van der Waals surface area contributed by atoms with Crippen LogP contribution in [0.15, 0.2) is 25.3 Å². The molecule has 2 unspecified atom stereocenters. The lowest BCUT2D eigenvalue weighted by molar-refractivity contribution is -0.0227. The number of nitrogens with two attached hydrogens (primary N) is 2. The third-order valence-electron chi connectivity index (χ3n) is 7.60. The highest BCUT2D eigenvalue weighted by molar-refractivity contribution is 8.61. The Morgan fingerprint density at radius 2 is 1.34 bits per heavy atom. The van der Waals surface area contributed by atoms with Gasteiger partial charge in [-0.1, -0.05) is 11.8 Å². The summed E-state index contributed by atoms with van der Waals surface area (Å²) in [5.74, 6) is 0.290. The van der Waals surface area contributed by atoms with E-state index in [0.29, 0.717) is 16.7 Å². The van der Waals surface area contributed by atoms with Crippen molar-refractivity contribution in [2.24, 2.45) is 0 Å². The van der Waals surface area contributed by atoms with Crippen LogP contribution in [-0.2, 0) is 42.1 Å². The molecule has 0 spiro atoms. The predicted octanol–water partition coefficient (Wildman–Crippen LogP) is 2.46. The van der Waals surface area contributed by atoms with E-state index in [4.69, 9.17) is 53.6 Å². The zero-order chi connectivity index (χ0) is 31.0. The number of anilines is 2. The van der Waals surface area contributed by atoms with Crippen LogP contribution in [0.2, 0.25) is 0 Å². The van der Waals surface area contributed by atoms with Crippen LogP contribution >= 0.6 is 35.6 Å². The fourth-order valence-electron chi connectivity index (χ4n) is 5.54. The number of halogens is 2. The van der Waals surface area contributed by atoms with Gasteiger partial charge in [0.1, 0.15) is 47.5 Å². The second-order valence-electron chi connectivity index (χ2n) is 10.4. The summed E-state index contributed by atoms with van der Waals surface area (Å²) in [7, 11) is 0. The Morgan fingerprint density at radius 3 is 1.91 bits per heavy atom. The Kier molecular flexibility index (Phi) is 8.14. The van der Waals surface area contributed by atoms with Crippen LogP contribution in [0, 0.1) is 0 Å². The molecule has 0 aromatic carbocycles. The minimum atomic E-state index is -3.19. The van der Waals surface area contributed by atoms with Crippen molar-refractivity contribution < 1.29 is 27.3 Å². The van der Waals surface area contributed by atoms with Crippen molar-refractivity contribution >= 4 is 93.2 Å². The minimum Gasteiger partial charge on any atom is -0.382 e. The fraction of sp³-hybridized carbons (Fsp3) is 0.524. The molecule has 0 aliphatic carbocycles. The number of thiol groups is 2. The van der Waals surface area contributed by atoms with Crippen molar-refractivity contribution in [2.45, 2.75) is 55.6 Å². The number of ether oxygens (including phenoxy) is 2. The second-order valence-corrected chi connectivity index (χ2v) is 22.4. The van der Waals surface area contributed by atoms with Crippen LogP contribution in [0.3, 0.4) is 0 Å². The molecule has 3 fully saturated rings. The smallest absolute Gasteiger partial charge is 0.183 e. The molecule has 3 saturated heterocycles. The van der Waals surface area contributed by atoms with E-state index in [0.717, 1.165) is 0 Å². The first-order valence-corrected chi connectivity index (χ1v) is 21.1. The lowest BCUT2D eigenvalue weighted by atomic mass is 10.1. The highest BCUT2D eigenvalue weighted by Gasteiger charge is 2.52. The summed E-state index contributed by atoms with van der Waals surface area (Å²) >= 11 is 20.6. The molecular weight excluding hydrogens is 699 g/mol. The molecule has 4 aromatic rings. The molecule has 5 N–H and O–H groups in total. The molecule has 0 bridgehead atoms. The summed E-state index contributed by atoms with van der Waals surface area (Å²) < 4.78 is 59.8. The van der Waals surface area contributed by atoms with E-state index in [1.54, 1.807) is 0 Å². The first-order valence-electron chi connectivity index (χ1n) is 13.1. The summed E-state index contributed by atoms with van der Waals surface area (Å²) in [6.45, 7) is -0.0454. The van der Waals surface area contributed by atoms with Gasteiger partial charge in [0, 0.05) is 12.7 Å². The normalized spacial score (nSPS) is 38.3. The number of hydrogen-bond donors (Lipinski definition) is 5. The van der Waals surface area contributed by atoms with E-state index in [-0.39, 0.29) is 36.4 Å². The Morgan fingerprint density at radius 1 is 0.818 bits per heavy atom. The van der Waals surface area contributed by atoms with Gasteiger partial charge in [-0.15, -0.1) is 24.5 Å². The van der Waals surface area contributed by atoms with Crippen LogP contribution in [0.1, 0.15) is 18.9 Å². The lowest BCUT2D eigenvalue weighted by Crippen LogP contribution is -2.39. The van der Waals surface area contributed by atoms with Crippen molar-refractivity contribution in [1.29, 1.82) is 0 Å². The molecule has 7 rings (SSSR count). The maximum Gasteiger partial charge on any atom is 0.183 e. The van der Waals surface area contributed by atoms with E-state index in [1.807, 2.05) is 0 Å². The van der Waals surface area contributed by atoms with Gasteiger partial charge in [-0.05, 0) is 18.2 Å². The van der Waals surface area contributed by atoms with Crippen molar-refractivity contribution in [3.8, 4) is 0 Å². The van der Waals surface area contributed by atoms with E-state index >= 15 is 8.78 Å². The maximum atomic E-state index is 16.2. The van der Waals surface area contributed by atoms with Crippen LogP contribution in [0.25, 0.3) is 22.3 Å². The Bertz CT molecular complexity index is 1710. The largest absolute Gasteiger partial charge is 0.382 e. The molecule has 0 amide bonds.